The standard InChI is InChI=1S/C15H21NO3/c1-18-13-8-12(9-14(10-13)19-2)16-15(17)11-6-4-3-5-7-11/h8-11H,3-7H2,1-2H3,(H,16,17). The molecule has 1 amide bonds. The SMILES string of the molecule is COc1cc(NC(=O)C2CCCCC2)cc(OC)c1. The van der Waals surface area contributed by atoms with Gasteiger partial charge in [0.05, 0.1) is 14.2 Å². The third kappa shape index (κ3) is 3.63. The van der Waals surface area contributed by atoms with Gasteiger partial charge in [-0.3, -0.25) is 4.79 Å². The van der Waals surface area contributed by atoms with Gasteiger partial charge in [0.1, 0.15) is 11.5 Å². The van der Waals surface area contributed by atoms with E-state index in [2.05, 4.69) is 5.32 Å². The largest absolute Gasteiger partial charge is 0.497 e. The van der Waals surface area contributed by atoms with Crippen LogP contribution in [-0.4, -0.2) is 20.1 Å². The van der Waals surface area contributed by atoms with Gasteiger partial charge in [0.2, 0.25) is 5.91 Å². The predicted molar refractivity (Wildman–Crippen MR) is 74.8 cm³/mol. The lowest BCUT2D eigenvalue weighted by Gasteiger charge is -2.21. The van der Waals surface area contributed by atoms with Crippen molar-refractivity contribution in [3.8, 4) is 11.5 Å². The lowest BCUT2D eigenvalue weighted by Crippen LogP contribution is -2.24. The molecule has 1 aromatic carbocycles. The van der Waals surface area contributed by atoms with Crippen molar-refractivity contribution in [2.24, 2.45) is 5.92 Å². The summed E-state index contributed by atoms with van der Waals surface area (Å²) in [6.07, 6.45) is 5.54. The maximum atomic E-state index is 12.2. The molecule has 2 rings (SSSR count). The topological polar surface area (TPSA) is 47.6 Å². The number of hydrogen-bond acceptors (Lipinski definition) is 3. The molecule has 0 aliphatic heterocycles. The molecule has 1 aliphatic carbocycles. The molecule has 4 nitrogen and oxygen atoms in total. The average Bonchev–Trinajstić information content (AvgIpc) is 2.47. The Morgan fingerprint density at radius 3 is 2.16 bits per heavy atom. The van der Waals surface area contributed by atoms with Gasteiger partial charge in [-0.05, 0) is 12.8 Å². The van der Waals surface area contributed by atoms with Gasteiger partial charge >= 0.3 is 0 Å². The average molecular weight is 263 g/mol. The van der Waals surface area contributed by atoms with Crippen LogP contribution in [-0.2, 0) is 4.79 Å². The van der Waals surface area contributed by atoms with Crippen molar-refractivity contribution in [1.29, 1.82) is 0 Å². The van der Waals surface area contributed by atoms with E-state index in [0.717, 1.165) is 31.4 Å². The van der Waals surface area contributed by atoms with Gasteiger partial charge in [-0.2, -0.15) is 0 Å². The van der Waals surface area contributed by atoms with Crippen LogP contribution in [0.15, 0.2) is 18.2 Å². The number of ether oxygens (including phenoxy) is 2. The molecule has 0 saturated heterocycles. The van der Waals surface area contributed by atoms with Gasteiger partial charge in [-0.1, -0.05) is 19.3 Å². The third-order valence-electron chi connectivity index (χ3n) is 3.59. The maximum Gasteiger partial charge on any atom is 0.227 e. The Bertz CT molecular complexity index is 417. The minimum atomic E-state index is 0.106. The quantitative estimate of drug-likeness (QED) is 0.907. The monoisotopic (exact) mass is 263 g/mol. The molecule has 104 valence electrons. The summed E-state index contributed by atoms with van der Waals surface area (Å²) in [4.78, 5) is 12.2. The number of anilines is 1. The molecule has 0 atom stereocenters. The summed E-state index contributed by atoms with van der Waals surface area (Å²) in [5.74, 6) is 1.61. The minimum absolute atomic E-state index is 0.106. The van der Waals surface area contributed by atoms with Crippen LogP contribution in [0.1, 0.15) is 32.1 Å². The van der Waals surface area contributed by atoms with Gasteiger partial charge in [-0.25, -0.2) is 0 Å². The van der Waals surface area contributed by atoms with E-state index in [-0.39, 0.29) is 11.8 Å². The summed E-state index contributed by atoms with van der Waals surface area (Å²) >= 11 is 0. The highest BCUT2D eigenvalue weighted by molar-refractivity contribution is 5.93. The Hall–Kier alpha value is -1.71. The van der Waals surface area contributed by atoms with E-state index in [0.29, 0.717) is 11.5 Å². The molecule has 4 heteroatoms. The van der Waals surface area contributed by atoms with Crippen LogP contribution in [0.2, 0.25) is 0 Å². The zero-order valence-electron chi connectivity index (χ0n) is 11.6. The van der Waals surface area contributed by atoms with Crippen molar-refractivity contribution < 1.29 is 14.3 Å². The van der Waals surface area contributed by atoms with E-state index in [1.54, 1.807) is 20.3 Å². The summed E-state index contributed by atoms with van der Waals surface area (Å²) < 4.78 is 10.4. The Kier molecular flexibility index (Phi) is 4.66. The number of methoxy groups -OCH3 is 2. The Morgan fingerprint density at radius 1 is 1.05 bits per heavy atom. The molecule has 0 unspecified atom stereocenters. The second-order valence-corrected chi connectivity index (χ2v) is 4.93. The van der Waals surface area contributed by atoms with Crippen molar-refractivity contribution in [3.05, 3.63) is 18.2 Å². The first-order chi connectivity index (χ1) is 9.22. The molecular formula is C15H21NO3. The van der Waals surface area contributed by atoms with Crippen LogP contribution in [0, 0.1) is 5.92 Å². The zero-order chi connectivity index (χ0) is 13.7. The van der Waals surface area contributed by atoms with Crippen LogP contribution in [0.5, 0.6) is 11.5 Å². The Labute approximate surface area is 114 Å². The maximum absolute atomic E-state index is 12.2. The summed E-state index contributed by atoms with van der Waals surface area (Å²) in [6.45, 7) is 0. The fourth-order valence-electron chi connectivity index (χ4n) is 2.49. The first-order valence-electron chi connectivity index (χ1n) is 6.77. The molecule has 0 heterocycles. The number of rotatable bonds is 4. The molecule has 1 N–H and O–H groups in total. The number of nitrogens with one attached hydrogen (secondary N) is 1. The normalized spacial score (nSPS) is 15.9. The Morgan fingerprint density at radius 2 is 1.63 bits per heavy atom. The van der Waals surface area contributed by atoms with Crippen molar-refractivity contribution in [3.63, 3.8) is 0 Å². The lowest BCUT2D eigenvalue weighted by atomic mass is 9.88. The Balaban J connectivity index is 2.06. The van der Waals surface area contributed by atoms with E-state index in [4.69, 9.17) is 9.47 Å². The van der Waals surface area contributed by atoms with Gasteiger partial charge < -0.3 is 14.8 Å². The summed E-state index contributed by atoms with van der Waals surface area (Å²) in [5.41, 5.74) is 0.728. The first-order valence-corrected chi connectivity index (χ1v) is 6.77. The molecule has 1 saturated carbocycles. The number of carbonyl (C=O) groups is 1. The number of carbonyl (C=O) groups excluding carboxylic acids is 1. The molecule has 1 aliphatic rings. The van der Waals surface area contributed by atoms with Gasteiger partial charge in [0.25, 0.3) is 0 Å². The van der Waals surface area contributed by atoms with Crippen LogP contribution in [0.25, 0.3) is 0 Å². The van der Waals surface area contributed by atoms with Gasteiger partial charge in [0.15, 0.2) is 0 Å². The van der Waals surface area contributed by atoms with Crippen molar-refractivity contribution in [1.82, 2.24) is 0 Å². The van der Waals surface area contributed by atoms with Crippen LogP contribution in [0.3, 0.4) is 0 Å². The molecule has 0 bridgehead atoms. The second-order valence-electron chi connectivity index (χ2n) is 4.93. The first kappa shape index (κ1) is 13.7. The number of hydrogen-bond donors (Lipinski definition) is 1. The van der Waals surface area contributed by atoms with E-state index in [1.165, 1.54) is 6.42 Å². The summed E-state index contributed by atoms with van der Waals surface area (Å²) in [6, 6.07) is 5.41. The fraction of sp³-hybridized carbons (Fsp3) is 0.533. The molecule has 0 spiro atoms. The van der Waals surface area contributed by atoms with E-state index < -0.39 is 0 Å². The second kappa shape index (κ2) is 6.45. The summed E-state index contributed by atoms with van der Waals surface area (Å²) in [7, 11) is 3.20. The zero-order valence-corrected chi connectivity index (χ0v) is 11.6. The highest BCUT2D eigenvalue weighted by Gasteiger charge is 2.21. The van der Waals surface area contributed by atoms with Gasteiger partial charge in [-0.15, -0.1) is 0 Å². The third-order valence-corrected chi connectivity index (χ3v) is 3.59. The number of benzene rings is 1. The van der Waals surface area contributed by atoms with Gasteiger partial charge in [0, 0.05) is 29.8 Å². The van der Waals surface area contributed by atoms with Crippen molar-refractivity contribution in [2.75, 3.05) is 19.5 Å². The smallest absolute Gasteiger partial charge is 0.227 e. The van der Waals surface area contributed by atoms with Crippen molar-refractivity contribution >= 4 is 11.6 Å². The lowest BCUT2D eigenvalue weighted by molar-refractivity contribution is -0.120. The predicted octanol–water partition coefficient (Wildman–Crippen LogP) is 3.22. The molecule has 0 radical (unpaired) electrons. The van der Waals surface area contributed by atoms with Crippen LogP contribution in [0.4, 0.5) is 5.69 Å². The minimum Gasteiger partial charge on any atom is -0.497 e. The fourth-order valence-corrected chi connectivity index (χ4v) is 2.49. The van der Waals surface area contributed by atoms with E-state index in [1.807, 2.05) is 12.1 Å². The summed E-state index contributed by atoms with van der Waals surface area (Å²) in [5, 5.41) is 2.96. The van der Waals surface area contributed by atoms with Crippen LogP contribution < -0.4 is 14.8 Å². The van der Waals surface area contributed by atoms with E-state index >= 15 is 0 Å². The molecule has 1 fully saturated rings. The molecule has 1 aromatic rings. The number of amides is 1. The highest BCUT2D eigenvalue weighted by Crippen LogP contribution is 2.28. The molecule has 19 heavy (non-hydrogen) atoms. The molecular weight excluding hydrogens is 242 g/mol. The molecule has 0 aromatic heterocycles. The highest BCUT2D eigenvalue weighted by atomic mass is 16.5. The van der Waals surface area contributed by atoms with Crippen LogP contribution >= 0.6 is 0 Å². The van der Waals surface area contributed by atoms with Crippen molar-refractivity contribution in [2.45, 2.75) is 32.1 Å². The van der Waals surface area contributed by atoms with E-state index in [9.17, 15) is 4.79 Å².